The summed E-state index contributed by atoms with van der Waals surface area (Å²) in [6, 6.07) is 0. The van der Waals surface area contributed by atoms with Gasteiger partial charge in [0.1, 0.15) is 13.2 Å². The van der Waals surface area contributed by atoms with E-state index in [1.807, 2.05) is 0 Å². The van der Waals surface area contributed by atoms with Crippen molar-refractivity contribution in [1.29, 1.82) is 0 Å². The summed E-state index contributed by atoms with van der Waals surface area (Å²) in [7, 11) is 0. The highest BCUT2D eigenvalue weighted by atomic mass is 16.6. The van der Waals surface area contributed by atoms with Gasteiger partial charge in [-0.1, -0.05) is 199 Å². The van der Waals surface area contributed by atoms with Crippen LogP contribution in [0.1, 0.15) is 245 Å². The van der Waals surface area contributed by atoms with Crippen molar-refractivity contribution in [2.45, 2.75) is 252 Å². The van der Waals surface area contributed by atoms with Gasteiger partial charge in [-0.25, -0.2) is 0 Å². The van der Waals surface area contributed by atoms with Gasteiger partial charge in [0.25, 0.3) is 0 Å². The van der Waals surface area contributed by atoms with Crippen LogP contribution in [0.2, 0.25) is 0 Å². The molecule has 0 rings (SSSR count). The number of allylic oxidation sites excluding steroid dienone is 4. The summed E-state index contributed by atoms with van der Waals surface area (Å²) in [5, 5.41) is 0. The maximum absolute atomic E-state index is 12.7. The fourth-order valence-electron chi connectivity index (χ4n) is 6.65. The molecule has 0 aliphatic heterocycles. The molecule has 0 aromatic carbocycles. The van der Waals surface area contributed by atoms with E-state index in [4.69, 9.17) is 14.2 Å². The molecule has 0 saturated carbocycles. The minimum atomic E-state index is -0.765. The van der Waals surface area contributed by atoms with Gasteiger partial charge >= 0.3 is 17.9 Å². The molecule has 1 atom stereocenters. The summed E-state index contributed by atoms with van der Waals surface area (Å²) in [6.45, 7) is 6.58. The number of ether oxygens (including phenoxy) is 3. The second-order valence-electron chi connectivity index (χ2n) is 15.7. The molecule has 0 radical (unpaired) electrons. The third-order valence-corrected chi connectivity index (χ3v) is 10.2. The predicted octanol–water partition coefficient (Wildman–Crippen LogP) is 14.8. The summed E-state index contributed by atoms with van der Waals surface area (Å²) >= 11 is 0. The number of carbonyl (C=O) groups is 3. The number of esters is 3. The normalized spacial score (nSPS) is 12.1. The molecule has 0 aliphatic carbocycles. The maximum Gasteiger partial charge on any atom is 0.306 e. The van der Waals surface area contributed by atoms with Crippen molar-refractivity contribution in [2.24, 2.45) is 0 Å². The zero-order valence-electron chi connectivity index (χ0n) is 36.0. The Hall–Kier alpha value is -2.11. The topological polar surface area (TPSA) is 78.9 Å². The highest BCUT2D eigenvalue weighted by molar-refractivity contribution is 5.71. The summed E-state index contributed by atoms with van der Waals surface area (Å²) < 4.78 is 16.7. The third-order valence-electron chi connectivity index (χ3n) is 10.2. The van der Waals surface area contributed by atoms with Crippen LogP contribution in [-0.4, -0.2) is 37.2 Å². The fraction of sp³-hybridized carbons (Fsp3) is 0.854. The van der Waals surface area contributed by atoms with Crippen molar-refractivity contribution in [3.63, 3.8) is 0 Å². The molecule has 0 saturated heterocycles. The Morgan fingerprint density at radius 2 is 0.667 bits per heavy atom. The van der Waals surface area contributed by atoms with E-state index >= 15 is 0 Å². The van der Waals surface area contributed by atoms with Crippen molar-refractivity contribution in [2.75, 3.05) is 13.2 Å². The molecular formula is C48H88O6. The van der Waals surface area contributed by atoms with Gasteiger partial charge in [-0.3, -0.25) is 14.4 Å². The van der Waals surface area contributed by atoms with E-state index in [2.05, 4.69) is 45.1 Å². The van der Waals surface area contributed by atoms with E-state index in [1.54, 1.807) is 0 Å². The first kappa shape index (κ1) is 51.9. The summed E-state index contributed by atoms with van der Waals surface area (Å²) in [4.78, 5) is 37.7. The summed E-state index contributed by atoms with van der Waals surface area (Å²) in [6.07, 6.45) is 47.3. The predicted molar refractivity (Wildman–Crippen MR) is 229 cm³/mol. The van der Waals surface area contributed by atoms with E-state index in [-0.39, 0.29) is 31.1 Å². The van der Waals surface area contributed by atoms with E-state index < -0.39 is 6.10 Å². The molecule has 0 bridgehead atoms. The molecule has 0 aliphatic rings. The van der Waals surface area contributed by atoms with E-state index in [0.717, 1.165) is 70.6 Å². The van der Waals surface area contributed by atoms with E-state index in [1.165, 1.54) is 135 Å². The second kappa shape index (κ2) is 43.6. The molecule has 6 heteroatoms. The minimum Gasteiger partial charge on any atom is -0.462 e. The van der Waals surface area contributed by atoms with Gasteiger partial charge in [-0.2, -0.15) is 0 Å². The van der Waals surface area contributed by atoms with Crippen molar-refractivity contribution in [3.05, 3.63) is 24.3 Å². The Labute approximate surface area is 334 Å². The van der Waals surface area contributed by atoms with Gasteiger partial charge in [-0.05, 0) is 51.4 Å². The fourth-order valence-corrected chi connectivity index (χ4v) is 6.65. The van der Waals surface area contributed by atoms with Crippen LogP contribution in [0.5, 0.6) is 0 Å². The zero-order chi connectivity index (χ0) is 39.4. The Morgan fingerprint density at radius 3 is 1.06 bits per heavy atom. The lowest BCUT2D eigenvalue weighted by Gasteiger charge is -2.18. The highest BCUT2D eigenvalue weighted by Gasteiger charge is 2.19. The van der Waals surface area contributed by atoms with Crippen molar-refractivity contribution in [3.8, 4) is 0 Å². The van der Waals surface area contributed by atoms with Gasteiger partial charge in [0.05, 0.1) is 0 Å². The Bertz CT molecular complexity index is 880. The largest absolute Gasteiger partial charge is 0.462 e. The average molecular weight is 761 g/mol. The quantitative estimate of drug-likeness (QED) is 0.0267. The lowest BCUT2D eigenvalue weighted by atomic mass is 10.1. The minimum absolute atomic E-state index is 0.0702. The molecule has 1 unspecified atom stereocenters. The number of hydrogen-bond acceptors (Lipinski definition) is 6. The van der Waals surface area contributed by atoms with Gasteiger partial charge < -0.3 is 14.2 Å². The van der Waals surface area contributed by atoms with E-state index in [9.17, 15) is 14.4 Å². The molecular weight excluding hydrogens is 673 g/mol. The van der Waals surface area contributed by atoms with Crippen molar-refractivity contribution in [1.82, 2.24) is 0 Å². The van der Waals surface area contributed by atoms with Crippen LogP contribution in [0.3, 0.4) is 0 Å². The Balaban J connectivity index is 4.29. The monoisotopic (exact) mass is 761 g/mol. The smallest absolute Gasteiger partial charge is 0.306 e. The van der Waals surface area contributed by atoms with Gasteiger partial charge in [0, 0.05) is 19.3 Å². The van der Waals surface area contributed by atoms with Crippen LogP contribution < -0.4 is 0 Å². The first-order valence-corrected chi connectivity index (χ1v) is 23.3. The molecule has 316 valence electrons. The average Bonchev–Trinajstić information content (AvgIpc) is 3.17. The summed E-state index contributed by atoms with van der Waals surface area (Å²) in [5.74, 6) is -0.876. The number of unbranched alkanes of at least 4 members (excludes halogenated alkanes) is 27. The first-order valence-electron chi connectivity index (χ1n) is 23.3. The number of rotatable bonds is 42. The van der Waals surface area contributed by atoms with Crippen LogP contribution >= 0.6 is 0 Å². The molecule has 0 amide bonds. The Morgan fingerprint density at radius 1 is 0.370 bits per heavy atom. The molecule has 0 heterocycles. The standard InChI is InChI=1S/C48H88O6/c1-4-7-10-13-16-19-21-22-23-24-25-26-27-30-32-35-38-41-47(50)53-44-45(43-52-46(49)40-37-34-31-28-18-15-12-9-6-3)54-48(51)42-39-36-33-29-20-17-14-11-8-5-2/h16,19,22-23,45H,4-15,17-18,20-21,24-44H2,1-3H3/b19-16-,23-22-. The number of carbonyl (C=O) groups excluding carboxylic acids is 3. The number of hydrogen-bond donors (Lipinski definition) is 0. The lowest BCUT2D eigenvalue weighted by molar-refractivity contribution is -0.167. The summed E-state index contributed by atoms with van der Waals surface area (Å²) in [5.41, 5.74) is 0. The molecule has 0 spiro atoms. The molecule has 0 fully saturated rings. The van der Waals surface area contributed by atoms with Gasteiger partial charge in [0.15, 0.2) is 6.10 Å². The maximum atomic E-state index is 12.7. The molecule has 54 heavy (non-hydrogen) atoms. The molecule has 6 nitrogen and oxygen atoms in total. The van der Waals surface area contributed by atoms with Crippen LogP contribution in [0.4, 0.5) is 0 Å². The SMILES string of the molecule is CCCCC/C=C\C/C=C\CCCCCCCCCC(=O)OCC(COC(=O)CCCCCCCCCCC)OC(=O)CCCCCCCCCCCC. The van der Waals surface area contributed by atoms with Crippen molar-refractivity contribution < 1.29 is 28.6 Å². The molecule has 0 aromatic heterocycles. The highest BCUT2D eigenvalue weighted by Crippen LogP contribution is 2.15. The first-order chi connectivity index (χ1) is 26.5. The van der Waals surface area contributed by atoms with Crippen molar-refractivity contribution >= 4 is 17.9 Å². The molecule has 0 aromatic rings. The second-order valence-corrected chi connectivity index (χ2v) is 15.7. The van der Waals surface area contributed by atoms with Gasteiger partial charge in [0.2, 0.25) is 0 Å². The third kappa shape index (κ3) is 41.1. The van der Waals surface area contributed by atoms with Crippen LogP contribution in [0.15, 0.2) is 24.3 Å². The van der Waals surface area contributed by atoms with E-state index in [0.29, 0.717) is 19.3 Å². The van der Waals surface area contributed by atoms with Crippen LogP contribution in [-0.2, 0) is 28.6 Å². The van der Waals surface area contributed by atoms with Crippen LogP contribution in [0.25, 0.3) is 0 Å². The van der Waals surface area contributed by atoms with Crippen LogP contribution in [0, 0.1) is 0 Å². The Kier molecular flexibility index (Phi) is 41.9. The molecule has 0 N–H and O–H groups in total. The zero-order valence-corrected chi connectivity index (χ0v) is 36.0. The lowest BCUT2D eigenvalue weighted by Crippen LogP contribution is -2.30. The van der Waals surface area contributed by atoms with Gasteiger partial charge in [-0.15, -0.1) is 0 Å².